The summed E-state index contributed by atoms with van der Waals surface area (Å²) in [6.45, 7) is 0. The molecular formula is C14H16FNO. The molecule has 1 saturated carbocycles. The Labute approximate surface area is 100 Å². The molecule has 17 heavy (non-hydrogen) atoms. The van der Waals surface area contributed by atoms with Gasteiger partial charge in [0, 0.05) is 12.1 Å². The maximum atomic E-state index is 13.3. The fourth-order valence-electron chi connectivity index (χ4n) is 3.25. The van der Waals surface area contributed by atoms with Crippen molar-refractivity contribution >= 4 is 11.6 Å². The number of carbonyl (C=O) groups excluding carboxylic acids is 1. The highest BCUT2D eigenvalue weighted by Gasteiger charge is 2.33. The highest BCUT2D eigenvalue weighted by Crippen LogP contribution is 2.44. The van der Waals surface area contributed by atoms with Crippen LogP contribution in [0.3, 0.4) is 0 Å². The van der Waals surface area contributed by atoms with E-state index in [9.17, 15) is 9.18 Å². The van der Waals surface area contributed by atoms with Crippen molar-refractivity contribution in [3.8, 4) is 0 Å². The molecule has 1 unspecified atom stereocenters. The third-order valence-electron chi connectivity index (χ3n) is 4.06. The fraction of sp³-hybridized carbons (Fsp3) is 0.500. The molecule has 1 aliphatic carbocycles. The molecule has 0 bridgehead atoms. The van der Waals surface area contributed by atoms with Crippen LogP contribution in [-0.4, -0.2) is 5.91 Å². The topological polar surface area (TPSA) is 29.1 Å². The molecule has 3 heteroatoms. The molecule has 0 radical (unpaired) electrons. The summed E-state index contributed by atoms with van der Waals surface area (Å²) in [5, 5.41) is 2.83. The van der Waals surface area contributed by atoms with Gasteiger partial charge in [0.2, 0.25) is 5.91 Å². The first kappa shape index (κ1) is 10.8. The molecular weight excluding hydrogens is 217 g/mol. The van der Waals surface area contributed by atoms with Gasteiger partial charge in [-0.25, -0.2) is 4.39 Å². The Morgan fingerprint density at radius 3 is 2.76 bits per heavy atom. The molecule has 3 rings (SSSR count). The van der Waals surface area contributed by atoms with Gasteiger partial charge in [-0.1, -0.05) is 12.8 Å². The van der Waals surface area contributed by atoms with Crippen LogP contribution in [0, 0.1) is 11.7 Å². The summed E-state index contributed by atoms with van der Waals surface area (Å²) >= 11 is 0. The summed E-state index contributed by atoms with van der Waals surface area (Å²) < 4.78 is 13.3. The van der Waals surface area contributed by atoms with Crippen molar-refractivity contribution in [3.05, 3.63) is 29.6 Å². The van der Waals surface area contributed by atoms with Gasteiger partial charge in [0.15, 0.2) is 0 Å². The number of nitrogens with one attached hydrogen (secondary N) is 1. The number of hydrogen-bond donors (Lipinski definition) is 1. The largest absolute Gasteiger partial charge is 0.326 e. The molecule has 1 aliphatic heterocycles. The maximum Gasteiger partial charge on any atom is 0.225 e. The Balaban J connectivity index is 1.99. The lowest BCUT2D eigenvalue weighted by Gasteiger charge is -2.30. The summed E-state index contributed by atoms with van der Waals surface area (Å²) in [4.78, 5) is 11.7. The van der Waals surface area contributed by atoms with Gasteiger partial charge in [-0.15, -0.1) is 0 Å². The molecule has 1 atom stereocenters. The standard InChI is InChI=1S/C14H16FNO/c15-10-5-6-13-12(7-10)11(8-14(17)16-13)9-3-1-2-4-9/h5-7,9,11H,1-4,8H2,(H,16,17). The molecule has 0 spiro atoms. The van der Waals surface area contributed by atoms with E-state index in [-0.39, 0.29) is 17.6 Å². The van der Waals surface area contributed by atoms with E-state index in [1.165, 1.54) is 31.7 Å². The summed E-state index contributed by atoms with van der Waals surface area (Å²) in [6.07, 6.45) is 5.35. The number of benzene rings is 1. The molecule has 1 aromatic rings. The van der Waals surface area contributed by atoms with Crippen molar-refractivity contribution in [2.75, 3.05) is 5.32 Å². The van der Waals surface area contributed by atoms with E-state index >= 15 is 0 Å². The van der Waals surface area contributed by atoms with E-state index in [0.29, 0.717) is 12.3 Å². The van der Waals surface area contributed by atoms with E-state index in [2.05, 4.69) is 5.32 Å². The van der Waals surface area contributed by atoms with Crippen LogP contribution in [0.5, 0.6) is 0 Å². The van der Waals surface area contributed by atoms with Crippen molar-refractivity contribution in [2.45, 2.75) is 38.0 Å². The van der Waals surface area contributed by atoms with Crippen LogP contribution in [-0.2, 0) is 4.79 Å². The minimum atomic E-state index is -0.206. The molecule has 1 fully saturated rings. The number of carbonyl (C=O) groups is 1. The van der Waals surface area contributed by atoms with Crippen LogP contribution in [0.15, 0.2) is 18.2 Å². The van der Waals surface area contributed by atoms with E-state index in [4.69, 9.17) is 0 Å². The van der Waals surface area contributed by atoms with Crippen molar-refractivity contribution < 1.29 is 9.18 Å². The molecule has 1 N–H and O–H groups in total. The highest BCUT2D eigenvalue weighted by atomic mass is 19.1. The van der Waals surface area contributed by atoms with E-state index < -0.39 is 0 Å². The Morgan fingerprint density at radius 2 is 2.00 bits per heavy atom. The third-order valence-corrected chi connectivity index (χ3v) is 4.06. The zero-order chi connectivity index (χ0) is 11.8. The summed E-state index contributed by atoms with van der Waals surface area (Å²) in [7, 11) is 0. The molecule has 0 aromatic heterocycles. The zero-order valence-electron chi connectivity index (χ0n) is 9.71. The van der Waals surface area contributed by atoms with E-state index in [1.54, 1.807) is 12.1 Å². The van der Waals surface area contributed by atoms with Gasteiger partial charge >= 0.3 is 0 Å². The normalized spacial score (nSPS) is 24.5. The van der Waals surface area contributed by atoms with Crippen molar-refractivity contribution in [1.29, 1.82) is 0 Å². The van der Waals surface area contributed by atoms with Crippen LogP contribution < -0.4 is 5.32 Å². The van der Waals surface area contributed by atoms with Crippen LogP contribution in [0.25, 0.3) is 0 Å². The van der Waals surface area contributed by atoms with Crippen molar-refractivity contribution in [1.82, 2.24) is 0 Å². The van der Waals surface area contributed by atoms with E-state index in [1.807, 2.05) is 0 Å². The second kappa shape index (κ2) is 4.13. The first-order valence-corrected chi connectivity index (χ1v) is 6.33. The van der Waals surface area contributed by atoms with Gasteiger partial charge < -0.3 is 5.32 Å². The highest BCUT2D eigenvalue weighted by molar-refractivity contribution is 5.94. The number of halogens is 1. The third kappa shape index (κ3) is 1.94. The van der Waals surface area contributed by atoms with Gasteiger partial charge in [-0.05, 0) is 48.4 Å². The van der Waals surface area contributed by atoms with Gasteiger partial charge in [-0.2, -0.15) is 0 Å². The second-order valence-electron chi connectivity index (χ2n) is 5.13. The molecule has 1 amide bonds. The number of anilines is 1. The Bertz CT molecular complexity index is 452. The maximum absolute atomic E-state index is 13.3. The summed E-state index contributed by atoms with van der Waals surface area (Å²) in [5.41, 5.74) is 1.80. The molecule has 1 heterocycles. The van der Waals surface area contributed by atoms with Crippen molar-refractivity contribution in [2.24, 2.45) is 5.92 Å². The summed E-state index contributed by atoms with van der Waals surface area (Å²) in [6, 6.07) is 4.69. The van der Waals surface area contributed by atoms with Crippen molar-refractivity contribution in [3.63, 3.8) is 0 Å². The Kier molecular flexibility index (Phi) is 2.61. The molecule has 2 aliphatic rings. The summed E-state index contributed by atoms with van der Waals surface area (Å²) in [5.74, 6) is 0.641. The molecule has 1 aromatic carbocycles. The number of hydrogen-bond acceptors (Lipinski definition) is 1. The lowest BCUT2D eigenvalue weighted by molar-refractivity contribution is -0.117. The SMILES string of the molecule is O=C1CC(C2CCCC2)c2cc(F)ccc2N1. The molecule has 90 valence electrons. The first-order valence-electron chi connectivity index (χ1n) is 6.33. The first-order chi connectivity index (χ1) is 8.24. The van der Waals surface area contributed by atoms with Gasteiger partial charge in [0.25, 0.3) is 0 Å². The Hall–Kier alpha value is -1.38. The second-order valence-corrected chi connectivity index (χ2v) is 5.13. The van der Waals surface area contributed by atoms with Crippen LogP contribution in [0.1, 0.15) is 43.6 Å². The Morgan fingerprint density at radius 1 is 1.24 bits per heavy atom. The predicted molar refractivity (Wildman–Crippen MR) is 64.3 cm³/mol. The van der Waals surface area contributed by atoms with Crippen LogP contribution >= 0.6 is 0 Å². The average molecular weight is 233 g/mol. The minimum Gasteiger partial charge on any atom is -0.326 e. The number of fused-ring (bicyclic) bond motifs is 1. The monoisotopic (exact) mass is 233 g/mol. The lowest BCUT2D eigenvalue weighted by atomic mass is 9.79. The smallest absolute Gasteiger partial charge is 0.225 e. The fourth-order valence-corrected chi connectivity index (χ4v) is 3.25. The minimum absolute atomic E-state index is 0.0704. The average Bonchev–Trinajstić information content (AvgIpc) is 2.82. The van der Waals surface area contributed by atoms with Gasteiger partial charge in [-0.3, -0.25) is 4.79 Å². The zero-order valence-corrected chi connectivity index (χ0v) is 9.71. The predicted octanol–water partition coefficient (Wildman–Crippen LogP) is 3.44. The van der Waals surface area contributed by atoms with E-state index in [0.717, 1.165) is 11.3 Å². The van der Waals surface area contributed by atoms with Crippen LogP contribution in [0.2, 0.25) is 0 Å². The van der Waals surface area contributed by atoms with Gasteiger partial charge in [0.05, 0.1) is 0 Å². The van der Waals surface area contributed by atoms with Crippen LogP contribution in [0.4, 0.5) is 10.1 Å². The number of rotatable bonds is 1. The lowest BCUT2D eigenvalue weighted by Crippen LogP contribution is -2.26. The quantitative estimate of drug-likeness (QED) is 0.791. The van der Waals surface area contributed by atoms with Gasteiger partial charge in [0.1, 0.15) is 5.82 Å². The molecule has 2 nitrogen and oxygen atoms in total. The number of amides is 1. The molecule has 0 saturated heterocycles.